The van der Waals surface area contributed by atoms with Gasteiger partial charge in [0.25, 0.3) is 0 Å². The lowest BCUT2D eigenvalue weighted by molar-refractivity contribution is -0.144. The van der Waals surface area contributed by atoms with Crippen LogP contribution in [0.4, 0.5) is 0 Å². The zero-order valence-corrected chi connectivity index (χ0v) is 58.9. The highest BCUT2D eigenvalue weighted by molar-refractivity contribution is 6.33. The molecule has 0 amide bonds. The van der Waals surface area contributed by atoms with Crippen LogP contribution in [0, 0.1) is 40.5 Å². The van der Waals surface area contributed by atoms with Crippen molar-refractivity contribution < 1.29 is 49.7 Å². The van der Waals surface area contributed by atoms with Crippen molar-refractivity contribution in [3.05, 3.63) is 174 Å². The summed E-state index contributed by atoms with van der Waals surface area (Å²) in [5.74, 6) is 1.20. The number of phenolic OH excluding ortho intramolecular Hbond substituents is 6. The molecule has 0 heterocycles. The van der Waals surface area contributed by atoms with Gasteiger partial charge in [0.2, 0.25) is 0 Å². The van der Waals surface area contributed by atoms with Crippen LogP contribution in [0.15, 0.2) is 103 Å². The molecule has 6 aromatic rings. The highest BCUT2D eigenvalue weighted by Gasteiger charge is 2.31. The van der Waals surface area contributed by atoms with Crippen LogP contribution < -0.4 is 0 Å². The molecule has 0 aliphatic carbocycles. The maximum Gasteiger partial charge on any atom is 0.305 e. The monoisotopic (exact) mass is 1280 g/mol. The van der Waals surface area contributed by atoms with Gasteiger partial charge in [0.05, 0.1) is 23.3 Å². The molecule has 2 unspecified atom stereocenters. The number of phenols is 6. The summed E-state index contributed by atoms with van der Waals surface area (Å²) in [4.78, 5) is 24.1. The van der Waals surface area contributed by atoms with Crippen LogP contribution in [0.2, 0.25) is 10.0 Å². The minimum atomic E-state index is -0.424. The molecule has 0 aromatic heterocycles. The molecule has 10 nitrogen and oxygen atoms in total. The molecule has 6 N–H and O–H groups in total. The second-order valence-electron chi connectivity index (χ2n) is 26.8. The van der Waals surface area contributed by atoms with E-state index in [2.05, 4.69) is 109 Å². The molecule has 6 aromatic carbocycles. The van der Waals surface area contributed by atoms with E-state index in [-0.39, 0.29) is 63.0 Å². The third kappa shape index (κ3) is 24.7. The lowest BCUT2D eigenvalue weighted by atomic mass is 9.74. The first-order chi connectivity index (χ1) is 42.3. The molecule has 6 rings (SSSR count). The third-order valence-electron chi connectivity index (χ3n) is 17.2. The minimum absolute atomic E-state index is 0.0435. The Labute approximate surface area is 551 Å². The molecule has 12 heteroatoms. The number of hydrogen-bond acceptors (Lipinski definition) is 10. The van der Waals surface area contributed by atoms with Gasteiger partial charge in [0.1, 0.15) is 34.5 Å². The van der Waals surface area contributed by atoms with Gasteiger partial charge >= 0.3 is 11.9 Å². The standard InChI is InChI=1S/C32H54O6.C19H23ClO2.C19H24.C8H9ClO2/c1-7-9-11-13-21-37-29(35)17-15-19-31(3,4)25-23-28(34)26(24-27(25)33)32(5,6)20-16-18-30(36)38-22-14-12-10-8-2;1-10(2)17(14-7-11(3)6-13(5)18(14)21)15-8-12(4)9-16(20)19(15)22;1-4-16(17-11-7-5-8-12-17)15-19(2,3)18-13-9-6-10-14-18;1-4-3-6(10)5(2)7(9)8(4)11/h23-24,33-34H,7-22H2,1-6H3;6-10,17,21-22H,1-5H3;5-14,16H,4,15H2,1-3H3;3,10-11H,1-2H3. The number of aromatic hydroxyl groups is 6. The lowest BCUT2D eigenvalue weighted by Crippen LogP contribution is -2.21. The number of esters is 2. The van der Waals surface area contributed by atoms with Gasteiger partial charge in [-0.3, -0.25) is 9.59 Å². The first-order valence-electron chi connectivity index (χ1n) is 32.8. The molecule has 496 valence electrons. The van der Waals surface area contributed by atoms with Crippen molar-refractivity contribution in [1.29, 1.82) is 0 Å². The summed E-state index contributed by atoms with van der Waals surface area (Å²) in [6, 6.07) is 34.2. The van der Waals surface area contributed by atoms with Crippen LogP contribution in [-0.4, -0.2) is 55.8 Å². The van der Waals surface area contributed by atoms with Gasteiger partial charge in [-0.15, -0.1) is 0 Å². The molecule has 0 radical (unpaired) electrons. The van der Waals surface area contributed by atoms with Crippen LogP contribution in [0.5, 0.6) is 34.5 Å². The van der Waals surface area contributed by atoms with Crippen LogP contribution in [0.25, 0.3) is 0 Å². The van der Waals surface area contributed by atoms with Gasteiger partial charge in [-0.2, -0.15) is 0 Å². The summed E-state index contributed by atoms with van der Waals surface area (Å²) in [6.07, 6.45) is 14.3. The third-order valence-corrected chi connectivity index (χ3v) is 18.0. The van der Waals surface area contributed by atoms with E-state index in [1.54, 1.807) is 32.0 Å². The maximum atomic E-state index is 12.1. The van der Waals surface area contributed by atoms with Gasteiger partial charge in [-0.05, 0) is 166 Å². The van der Waals surface area contributed by atoms with E-state index in [9.17, 15) is 40.2 Å². The van der Waals surface area contributed by atoms with Gasteiger partial charge in [-0.25, -0.2) is 0 Å². The first-order valence-corrected chi connectivity index (χ1v) is 33.5. The average molecular weight is 1280 g/mol. The Balaban J connectivity index is 0.000000343. The number of hydrogen-bond donors (Lipinski definition) is 6. The zero-order chi connectivity index (χ0) is 67.5. The fourth-order valence-electron chi connectivity index (χ4n) is 11.7. The summed E-state index contributed by atoms with van der Waals surface area (Å²) < 4.78 is 10.7. The Morgan fingerprint density at radius 1 is 0.500 bits per heavy atom. The van der Waals surface area contributed by atoms with Crippen molar-refractivity contribution in [2.75, 3.05) is 13.2 Å². The second kappa shape index (κ2) is 37.8. The van der Waals surface area contributed by atoms with Gasteiger partial charge in [-0.1, -0.05) is 222 Å². The van der Waals surface area contributed by atoms with E-state index in [0.29, 0.717) is 90.7 Å². The number of halogens is 2. The SMILES string of the molecule is CCC(CC(C)(C)c1ccccc1)c1ccccc1.CCCCCCOC(=O)CCCC(C)(C)c1cc(O)c(C(C)(C)CCCC(=O)OCCCCCC)cc1O.Cc1cc(C)c(O)c(C(c2cc(C)cc(Cl)c2O)C(C)C)c1.Cc1cc(O)c(C)c(Cl)c1O. The van der Waals surface area contributed by atoms with Crippen molar-refractivity contribution in [2.24, 2.45) is 5.92 Å². The number of ether oxygens (including phenoxy) is 2. The molecular weight excluding hydrogens is 1170 g/mol. The Morgan fingerprint density at radius 2 is 0.944 bits per heavy atom. The van der Waals surface area contributed by atoms with E-state index in [1.807, 2.05) is 66.7 Å². The fraction of sp³-hybridized carbons (Fsp3) is 0.513. The molecule has 0 bridgehead atoms. The van der Waals surface area contributed by atoms with Crippen LogP contribution >= 0.6 is 23.2 Å². The van der Waals surface area contributed by atoms with Crippen LogP contribution in [0.3, 0.4) is 0 Å². The number of carbonyl (C=O) groups is 2. The highest BCUT2D eigenvalue weighted by atomic mass is 35.5. The van der Waals surface area contributed by atoms with Crippen molar-refractivity contribution >= 4 is 35.1 Å². The minimum Gasteiger partial charge on any atom is -0.508 e. The van der Waals surface area contributed by atoms with Crippen molar-refractivity contribution in [3.8, 4) is 34.5 Å². The predicted molar refractivity (Wildman–Crippen MR) is 374 cm³/mol. The fourth-order valence-corrected chi connectivity index (χ4v) is 12.2. The molecule has 0 aliphatic heterocycles. The van der Waals surface area contributed by atoms with E-state index in [1.165, 1.54) is 30.0 Å². The smallest absolute Gasteiger partial charge is 0.305 e. The molecule has 0 aliphatic rings. The molecule has 0 spiro atoms. The van der Waals surface area contributed by atoms with E-state index < -0.39 is 10.8 Å². The van der Waals surface area contributed by atoms with Crippen molar-refractivity contribution in [2.45, 2.75) is 242 Å². The number of carbonyl (C=O) groups excluding carboxylic acids is 2. The molecule has 2 atom stereocenters. The van der Waals surface area contributed by atoms with Crippen LogP contribution in [-0.2, 0) is 35.3 Å². The maximum absolute atomic E-state index is 12.1. The summed E-state index contributed by atoms with van der Waals surface area (Å²) >= 11 is 11.8. The lowest BCUT2D eigenvalue weighted by Gasteiger charge is -2.30. The quantitative estimate of drug-likeness (QED) is 0.0158. The number of aryl methyl sites for hydroxylation is 4. The molecule has 0 saturated heterocycles. The summed E-state index contributed by atoms with van der Waals surface area (Å²) in [5.41, 5.74) is 9.22. The Morgan fingerprint density at radius 3 is 1.40 bits per heavy atom. The van der Waals surface area contributed by atoms with Gasteiger partial charge < -0.3 is 40.1 Å². The second-order valence-corrected chi connectivity index (χ2v) is 27.6. The van der Waals surface area contributed by atoms with Crippen molar-refractivity contribution in [1.82, 2.24) is 0 Å². The summed E-state index contributed by atoms with van der Waals surface area (Å²) in [6.45, 7) is 33.7. The van der Waals surface area contributed by atoms with E-state index in [0.717, 1.165) is 79.2 Å². The zero-order valence-electron chi connectivity index (χ0n) is 57.3. The highest BCUT2D eigenvalue weighted by Crippen LogP contribution is 2.46. The summed E-state index contributed by atoms with van der Waals surface area (Å²) in [5, 5.41) is 61.8. The largest absolute Gasteiger partial charge is 0.508 e. The molecule has 0 saturated carbocycles. The number of unbranched alkanes of at least 4 members (excludes halogenated alkanes) is 6. The van der Waals surface area contributed by atoms with E-state index >= 15 is 0 Å². The average Bonchev–Trinajstić information content (AvgIpc) is 0.860. The van der Waals surface area contributed by atoms with Crippen molar-refractivity contribution in [3.63, 3.8) is 0 Å². The molecular formula is C78H110Cl2O10. The summed E-state index contributed by atoms with van der Waals surface area (Å²) in [7, 11) is 0. The van der Waals surface area contributed by atoms with E-state index in [4.69, 9.17) is 32.7 Å². The van der Waals surface area contributed by atoms with Crippen LogP contribution in [0.1, 0.15) is 252 Å². The molecule has 90 heavy (non-hydrogen) atoms. The number of benzene rings is 6. The van der Waals surface area contributed by atoms with Gasteiger partial charge in [0, 0.05) is 46.6 Å². The Bertz CT molecular complexity index is 2990. The van der Waals surface area contributed by atoms with Gasteiger partial charge in [0.15, 0.2) is 0 Å². The molecule has 0 fully saturated rings. The Hall–Kier alpha value is -6.36. The topological polar surface area (TPSA) is 174 Å². The predicted octanol–water partition coefficient (Wildman–Crippen LogP) is 21.6. The number of rotatable bonds is 28. The Kier molecular flexibility index (Phi) is 32.8. The normalized spacial score (nSPS) is 12.2. The first kappa shape index (κ1) is 77.9.